The number of hydrogen-bond acceptors (Lipinski definition) is 4. The third-order valence-electron chi connectivity index (χ3n) is 6.64. The highest BCUT2D eigenvalue weighted by atomic mass is 35.5. The van der Waals surface area contributed by atoms with E-state index in [2.05, 4.69) is 11.8 Å². The third kappa shape index (κ3) is 4.76. The summed E-state index contributed by atoms with van der Waals surface area (Å²) in [6.45, 7) is 4.50. The van der Waals surface area contributed by atoms with Crippen molar-refractivity contribution >= 4 is 35.0 Å². The number of rotatable bonds is 7. The number of benzene rings is 2. The van der Waals surface area contributed by atoms with Gasteiger partial charge < -0.3 is 9.80 Å². The van der Waals surface area contributed by atoms with Crippen molar-refractivity contribution in [2.75, 3.05) is 31.6 Å². The number of carbonyl (C=O) groups is 3. The predicted molar refractivity (Wildman–Crippen MR) is 130 cm³/mol. The molecule has 0 unspecified atom stereocenters. The number of fused-ring (bicyclic) bond motifs is 1. The minimum atomic E-state index is -0.269. The van der Waals surface area contributed by atoms with Crippen molar-refractivity contribution in [1.82, 2.24) is 9.80 Å². The number of nitrogens with zero attached hydrogens (tertiary/aromatic N) is 3. The van der Waals surface area contributed by atoms with Crippen LogP contribution in [0.25, 0.3) is 0 Å². The van der Waals surface area contributed by atoms with E-state index in [0.29, 0.717) is 29.2 Å². The number of unbranched alkanes of at least 4 members (excludes halogenated alkanes) is 1. The van der Waals surface area contributed by atoms with Gasteiger partial charge in [-0.3, -0.25) is 19.3 Å². The number of amides is 3. The Bertz CT molecular complexity index is 1050. The number of carbonyl (C=O) groups excluding carboxylic acids is 3. The summed E-state index contributed by atoms with van der Waals surface area (Å²) in [5.41, 5.74) is 2.56. The van der Waals surface area contributed by atoms with Crippen molar-refractivity contribution in [2.45, 2.75) is 39.2 Å². The molecule has 1 saturated heterocycles. The molecule has 0 bridgehead atoms. The fraction of sp³-hybridized carbons (Fsp3) is 0.423. The molecule has 174 valence electrons. The van der Waals surface area contributed by atoms with Crippen LogP contribution >= 0.6 is 11.6 Å². The van der Waals surface area contributed by atoms with Crippen molar-refractivity contribution in [1.29, 1.82) is 0 Å². The highest BCUT2D eigenvalue weighted by Gasteiger charge is 2.39. The zero-order valence-corrected chi connectivity index (χ0v) is 20.0. The largest absolute Gasteiger partial charge is 0.371 e. The van der Waals surface area contributed by atoms with E-state index in [4.69, 9.17) is 11.6 Å². The average molecular weight is 468 g/mol. The van der Waals surface area contributed by atoms with Crippen molar-refractivity contribution in [3.8, 4) is 0 Å². The summed E-state index contributed by atoms with van der Waals surface area (Å²) in [7, 11) is 1.88. The van der Waals surface area contributed by atoms with Crippen molar-refractivity contribution < 1.29 is 14.4 Å². The molecule has 3 amide bonds. The first-order valence-electron chi connectivity index (χ1n) is 11.6. The lowest BCUT2D eigenvalue weighted by Gasteiger charge is -2.35. The Kier molecular flexibility index (Phi) is 7.03. The summed E-state index contributed by atoms with van der Waals surface area (Å²) < 4.78 is 0. The zero-order valence-electron chi connectivity index (χ0n) is 19.2. The molecule has 0 N–H and O–H groups in total. The van der Waals surface area contributed by atoms with Crippen LogP contribution in [-0.4, -0.2) is 54.2 Å². The second-order valence-electron chi connectivity index (χ2n) is 8.90. The molecule has 0 saturated carbocycles. The lowest BCUT2D eigenvalue weighted by Crippen LogP contribution is -2.42. The summed E-state index contributed by atoms with van der Waals surface area (Å²) in [6.07, 6.45) is 3.57. The topological polar surface area (TPSA) is 60.9 Å². The number of anilines is 1. The highest BCUT2D eigenvalue weighted by Crippen LogP contribution is 2.35. The molecule has 2 aliphatic rings. The molecule has 7 heteroatoms. The van der Waals surface area contributed by atoms with Gasteiger partial charge in [-0.2, -0.15) is 0 Å². The Balaban J connectivity index is 1.47. The van der Waals surface area contributed by atoms with Crippen molar-refractivity contribution in [2.24, 2.45) is 5.92 Å². The standard InChI is InChI=1S/C26H30ClN3O3/c1-3-4-14-28(2)24(31)19-12-15-29(16-13-19)22-7-5-6-21-23(22)26(33)30(25(21)32)17-18-8-10-20(27)11-9-18/h5-11,19H,3-4,12-17H2,1-2H3. The molecule has 0 atom stereocenters. The van der Waals surface area contributed by atoms with Crippen LogP contribution in [0.4, 0.5) is 5.69 Å². The van der Waals surface area contributed by atoms with Crippen LogP contribution in [0.5, 0.6) is 0 Å². The summed E-state index contributed by atoms with van der Waals surface area (Å²) in [5, 5.41) is 0.613. The normalized spacial score (nSPS) is 16.3. The highest BCUT2D eigenvalue weighted by molar-refractivity contribution is 6.30. The summed E-state index contributed by atoms with van der Waals surface area (Å²) in [4.78, 5) is 44.4. The molecule has 2 aromatic rings. The summed E-state index contributed by atoms with van der Waals surface area (Å²) in [5.74, 6) is -0.312. The molecule has 1 fully saturated rings. The van der Waals surface area contributed by atoms with E-state index in [1.54, 1.807) is 18.2 Å². The first-order chi connectivity index (χ1) is 15.9. The number of imide groups is 1. The average Bonchev–Trinajstić information content (AvgIpc) is 3.08. The number of hydrogen-bond donors (Lipinski definition) is 0. The van der Waals surface area contributed by atoms with Gasteiger partial charge in [0.15, 0.2) is 0 Å². The Labute approximate surface area is 200 Å². The SMILES string of the molecule is CCCCN(C)C(=O)C1CCN(c2cccc3c2C(=O)N(Cc2ccc(Cl)cc2)C3=O)CC1. The molecular formula is C26H30ClN3O3. The van der Waals surface area contributed by atoms with E-state index in [9.17, 15) is 14.4 Å². The fourth-order valence-corrected chi connectivity index (χ4v) is 4.81. The van der Waals surface area contributed by atoms with E-state index in [-0.39, 0.29) is 30.2 Å². The molecule has 33 heavy (non-hydrogen) atoms. The van der Waals surface area contributed by atoms with Gasteiger partial charge in [0.25, 0.3) is 11.8 Å². The molecule has 2 aliphatic heterocycles. The second-order valence-corrected chi connectivity index (χ2v) is 9.33. The second kappa shape index (κ2) is 9.96. The maximum absolute atomic E-state index is 13.3. The van der Waals surface area contributed by atoms with Crippen molar-refractivity contribution in [3.63, 3.8) is 0 Å². The van der Waals surface area contributed by atoms with Gasteiger partial charge in [0, 0.05) is 37.6 Å². The Morgan fingerprint density at radius 3 is 2.42 bits per heavy atom. The van der Waals surface area contributed by atoms with Gasteiger partial charge in [-0.1, -0.05) is 43.1 Å². The molecular weight excluding hydrogens is 438 g/mol. The Hall–Kier alpha value is -2.86. The number of halogens is 1. The van der Waals surface area contributed by atoms with Crippen LogP contribution in [0, 0.1) is 5.92 Å². The van der Waals surface area contributed by atoms with Crippen LogP contribution in [0.3, 0.4) is 0 Å². The fourth-order valence-electron chi connectivity index (χ4n) is 4.68. The van der Waals surface area contributed by atoms with Crippen molar-refractivity contribution in [3.05, 3.63) is 64.2 Å². The van der Waals surface area contributed by atoms with Gasteiger partial charge >= 0.3 is 0 Å². The van der Waals surface area contributed by atoms with Crippen LogP contribution in [-0.2, 0) is 11.3 Å². The maximum Gasteiger partial charge on any atom is 0.263 e. The van der Waals surface area contributed by atoms with Gasteiger partial charge in [0.1, 0.15) is 0 Å². The zero-order chi connectivity index (χ0) is 23.5. The lowest BCUT2D eigenvalue weighted by molar-refractivity contribution is -0.134. The molecule has 6 nitrogen and oxygen atoms in total. The Morgan fingerprint density at radius 2 is 1.76 bits per heavy atom. The van der Waals surface area contributed by atoms with Crippen LogP contribution in [0.15, 0.2) is 42.5 Å². The van der Waals surface area contributed by atoms with Crippen LogP contribution < -0.4 is 4.90 Å². The number of piperidine rings is 1. The van der Waals surface area contributed by atoms with Crippen LogP contribution in [0.1, 0.15) is 58.9 Å². The predicted octanol–water partition coefficient (Wildman–Crippen LogP) is 4.61. The monoisotopic (exact) mass is 467 g/mol. The minimum Gasteiger partial charge on any atom is -0.371 e. The molecule has 4 rings (SSSR count). The van der Waals surface area contributed by atoms with Gasteiger partial charge in [0.05, 0.1) is 23.4 Å². The van der Waals surface area contributed by atoms with E-state index in [1.165, 1.54) is 4.90 Å². The minimum absolute atomic E-state index is 0.0126. The van der Waals surface area contributed by atoms with E-state index < -0.39 is 0 Å². The first-order valence-corrected chi connectivity index (χ1v) is 12.0. The summed E-state index contributed by atoms with van der Waals surface area (Å²) in [6, 6.07) is 12.6. The van der Waals surface area contributed by atoms with Gasteiger partial charge in [-0.25, -0.2) is 0 Å². The Morgan fingerprint density at radius 1 is 1.06 bits per heavy atom. The third-order valence-corrected chi connectivity index (χ3v) is 6.89. The van der Waals surface area contributed by atoms with E-state index >= 15 is 0 Å². The van der Waals surface area contributed by atoms with E-state index in [0.717, 1.165) is 43.5 Å². The van der Waals surface area contributed by atoms with Gasteiger partial charge in [0.2, 0.25) is 5.91 Å². The quantitative estimate of drug-likeness (QED) is 0.558. The summed E-state index contributed by atoms with van der Waals surface area (Å²) >= 11 is 5.96. The van der Waals surface area contributed by atoms with Gasteiger partial charge in [-0.15, -0.1) is 0 Å². The smallest absolute Gasteiger partial charge is 0.263 e. The van der Waals surface area contributed by atoms with Crippen LogP contribution in [0.2, 0.25) is 5.02 Å². The maximum atomic E-state index is 13.3. The molecule has 2 aromatic carbocycles. The molecule has 2 heterocycles. The van der Waals surface area contributed by atoms with E-state index in [1.807, 2.05) is 36.2 Å². The molecule has 0 spiro atoms. The molecule has 0 aromatic heterocycles. The molecule has 0 aliphatic carbocycles. The molecule has 0 radical (unpaired) electrons. The van der Waals surface area contributed by atoms with Gasteiger partial charge in [-0.05, 0) is 49.1 Å². The first kappa shape index (κ1) is 23.3. The lowest BCUT2D eigenvalue weighted by atomic mass is 9.94.